The average Bonchev–Trinajstić information content (AvgIpc) is 3.05. The molecule has 1 amide bonds. The number of ketones is 1. The van der Waals surface area contributed by atoms with Crippen LogP contribution >= 0.6 is 0 Å². The highest BCUT2D eigenvalue weighted by molar-refractivity contribution is 6.51. The van der Waals surface area contributed by atoms with Crippen LogP contribution in [0.4, 0.5) is 5.69 Å². The summed E-state index contributed by atoms with van der Waals surface area (Å²) in [5.74, 6) is -1.06. The van der Waals surface area contributed by atoms with Gasteiger partial charge in [0.1, 0.15) is 11.5 Å². The predicted molar refractivity (Wildman–Crippen MR) is 118 cm³/mol. The predicted octanol–water partition coefficient (Wildman–Crippen LogP) is 4.42. The largest absolute Gasteiger partial charge is 0.507 e. The van der Waals surface area contributed by atoms with Gasteiger partial charge in [-0.2, -0.15) is 0 Å². The number of carbonyl (C=O) groups excluding carboxylic acids is 2. The number of aromatic nitrogens is 1. The average molecular weight is 414 g/mol. The molecule has 0 spiro atoms. The number of benzene rings is 2. The van der Waals surface area contributed by atoms with Crippen molar-refractivity contribution in [2.45, 2.75) is 19.9 Å². The third kappa shape index (κ3) is 3.68. The van der Waals surface area contributed by atoms with Crippen molar-refractivity contribution >= 4 is 23.1 Å². The van der Waals surface area contributed by atoms with E-state index in [1.54, 1.807) is 36.4 Å². The molecule has 1 unspecified atom stereocenters. The summed E-state index contributed by atoms with van der Waals surface area (Å²) in [5.41, 5.74) is 2.66. The van der Waals surface area contributed by atoms with Gasteiger partial charge in [0, 0.05) is 29.7 Å². The first-order valence-electron chi connectivity index (χ1n) is 10.0. The standard InChI is InChI=1S/C25H22N2O4/c1-3-31-19-9-6-8-18(15-19)27-22(20-10-5-4-7-16(20)2)21(24(29)25(27)30)23(28)17-11-13-26-14-12-17/h4-15,22,28H,3H2,1-2H3/b23-21+. The third-order valence-corrected chi connectivity index (χ3v) is 5.29. The van der Waals surface area contributed by atoms with Crippen molar-refractivity contribution in [3.63, 3.8) is 0 Å². The molecule has 1 N–H and O–H groups in total. The van der Waals surface area contributed by atoms with Gasteiger partial charge < -0.3 is 9.84 Å². The van der Waals surface area contributed by atoms with Crippen LogP contribution in [0.3, 0.4) is 0 Å². The summed E-state index contributed by atoms with van der Waals surface area (Å²) in [7, 11) is 0. The van der Waals surface area contributed by atoms with Crippen LogP contribution in [-0.4, -0.2) is 28.4 Å². The maximum absolute atomic E-state index is 13.2. The van der Waals surface area contributed by atoms with Gasteiger partial charge in [-0.15, -0.1) is 0 Å². The molecule has 1 fully saturated rings. The number of aliphatic hydroxyl groups is 1. The van der Waals surface area contributed by atoms with E-state index in [1.165, 1.54) is 17.3 Å². The van der Waals surface area contributed by atoms with Crippen molar-refractivity contribution in [1.82, 2.24) is 4.98 Å². The van der Waals surface area contributed by atoms with Crippen LogP contribution in [0.25, 0.3) is 5.76 Å². The minimum atomic E-state index is -0.772. The summed E-state index contributed by atoms with van der Waals surface area (Å²) in [6, 6.07) is 17.0. The molecular weight excluding hydrogens is 392 g/mol. The molecule has 6 nitrogen and oxygen atoms in total. The Hall–Kier alpha value is -3.93. The summed E-state index contributed by atoms with van der Waals surface area (Å²) in [6.45, 7) is 4.27. The van der Waals surface area contributed by atoms with Gasteiger partial charge in [-0.25, -0.2) is 0 Å². The number of amides is 1. The topological polar surface area (TPSA) is 79.7 Å². The molecule has 1 aromatic heterocycles. The zero-order chi connectivity index (χ0) is 22.0. The summed E-state index contributed by atoms with van der Waals surface area (Å²) in [4.78, 5) is 31.7. The summed E-state index contributed by atoms with van der Waals surface area (Å²) >= 11 is 0. The molecule has 31 heavy (non-hydrogen) atoms. The highest BCUT2D eigenvalue weighted by Gasteiger charge is 2.47. The SMILES string of the molecule is CCOc1cccc(N2C(=O)C(=O)/C(=C(/O)c3ccncc3)C2c2ccccc2C)c1. The minimum Gasteiger partial charge on any atom is -0.507 e. The van der Waals surface area contributed by atoms with Crippen molar-refractivity contribution in [3.8, 4) is 5.75 Å². The molecular formula is C25H22N2O4. The monoisotopic (exact) mass is 414 g/mol. The Kier molecular flexibility index (Phi) is 5.54. The number of pyridine rings is 1. The van der Waals surface area contributed by atoms with Gasteiger partial charge in [0.05, 0.1) is 18.2 Å². The first-order valence-corrected chi connectivity index (χ1v) is 10.0. The van der Waals surface area contributed by atoms with E-state index in [4.69, 9.17) is 4.74 Å². The van der Waals surface area contributed by atoms with Crippen LogP contribution in [0.1, 0.15) is 29.7 Å². The number of anilines is 1. The Bertz CT molecular complexity index is 1170. The molecule has 1 aliphatic heterocycles. The lowest BCUT2D eigenvalue weighted by Gasteiger charge is -2.27. The smallest absolute Gasteiger partial charge is 0.300 e. The number of aliphatic hydroxyl groups excluding tert-OH is 1. The zero-order valence-electron chi connectivity index (χ0n) is 17.3. The summed E-state index contributed by atoms with van der Waals surface area (Å²) < 4.78 is 5.59. The van der Waals surface area contributed by atoms with E-state index >= 15 is 0 Å². The lowest BCUT2D eigenvalue weighted by molar-refractivity contribution is -0.132. The van der Waals surface area contributed by atoms with E-state index < -0.39 is 17.7 Å². The van der Waals surface area contributed by atoms with E-state index in [9.17, 15) is 14.7 Å². The van der Waals surface area contributed by atoms with Gasteiger partial charge in [0.2, 0.25) is 0 Å². The quantitative estimate of drug-likeness (QED) is 0.380. The van der Waals surface area contributed by atoms with Crippen molar-refractivity contribution in [3.05, 3.63) is 95.3 Å². The molecule has 0 aliphatic carbocycles. The molecule has 2 aromatic carbocycles. The van der Waals surface area contributed by atoms with Crippen LogP contribution in [0.5, 0.6) is 5.75 Å². The Morgan fingerprint density at radius 3 is 2.52 bits per heavy atom. The second kappa shape index (κ2) is 8.44. The highest BCUT2D eigenvalue weighted by Crippen LogP contribution is 2.43. The van der Waals surface area contributed by atoms with Crippen LogP contribution in [0, 0.1) is 6.92 Å². The molecule has 1 aliphatic rings. The summed E-state index contributed by atoms with van der Waals surface area (Å²) in [5, 5.41) is 11.1. The fourth-order valence-electron chi connectivity index (χ4n) is 3.84. The molecule has 6 heteroatoms. The van der Waals surface area contributed by atoms with Gasteiger partial charge in [-0.3, -0.25) is 19.5 Å². The van der Waals surface area contributed by atoms with Crippen molar-refractivity contribution < 1.29 is 19.4 Å². The van der Waals surface area contributed by atoms with E-state index in [0.717, 1.165) is 11.1 Å². The van der Waals surface area contributed by atoms with Crippen molar-refractivity contribution in [1.29, 1.82) is 0 Å². The molecule has 0 saturated carbocycles. The number of carbonyl (C=O) groups is 2. The molecule has 1 atom stereocenters. The summed E-state index contributed by atoms with van der Waals surface area (Å²) in [6.07, 6.45) is 3.05. The number of aryl methyl sites for hydroxylation is 1. The van der Waals surface area contributed by atoms with Gasteiger partial charge in [0.15, 0.2) is 0 Å². The van der Waals surface area contributed by atoms with Gasteiger partial charge in [-0.1, -0.05) is 30.3 Å². The molecule has 156 valence electrons. The fourth-order valence-corrected chi connectivity index (χ4v) is 3.84. The van der Waals surface area contributed by atoms with Crippen LogP contribution in [0.15, 0.2) is 78.6 Å². The Labute approximate surface area is 180 Å². The first kappa shape index (κ1) is 20.3. The molecule has 0 bridgehead atoms. The van der Waals surface area contributed by atoms with Crippen LogP contribution in [0.2, 0.25) is 0 Å². The second-order valence-corrected chi connectivity index (χ2v) is 7.19. The Balaban J connectivity index is 1.95. The minimum absolute atomic E-state index is 0.0484. The Morgan fingerprint density at radius 1 is 1.06 bits per heavy atom. The molecule has 2 heterocycles. The number of rotatable bonds is 5. The maximum Gasteiger partial charge on any atom is 0.300 e. The fraction of sp³-hybridized carbons (Fsp3) is 0.160. The number of Topliss-reactive ketones (excluding diaryl/α,β-unsaturated/α-hetero) is 1. The zero-order valence-corrected chi connectivity index (χ0v) is 17.3. The third-order valence-electron chi connectivity index (χ3n) is 5.29. The van der Waals surface area contributed by atoms with Gasteiger partial charge in [-0.05, 0) is 49.2 Å². The van der Waals surface area contributed by atoms with E-state index in [2.05, 4.69) is 4.98 Å². The number of hydrogen-bond acceptors (Lipinski definition) is 5. The van der Waals surface area contributed by atoms with E-state index in [-0.39, 0.29) is 11.3 Å². The molecule has 4 rings (SSSR count). The normalized spacial score (nSPS) is 17.7. The van der Waals surface area contributed by atoms with E-state index in [1.807, 2.05) is 38.1 Å². The van der Waals surface area contributed by atoms with Crippen LogP contribution in [-0.2, 0) is 9.59 Å². The van der Waals surface area contributed by atoms with Gasteiger partial charge in [0.25, 0.3) is 11.7 Å². The second-order valence-electron chi connectivity index (χ2n) is 7.19. The van der Waals surface area contributed by atoms with E-state index in [0.29, 0.717) is 23.6 Å². The Morgan fingerprint density at radius 2 is 1.81 bits per heavy atom. The number of hydrogen-bond donors (Lipinski definition) is 1. The lowest BCUT2D eigenvalue weighted by atomic mass is 9.92. The van der Waals surface area contributed by atoms with Crippen molar-refractivity contribution in [2.24, 2.45) is 0 Å². The highest BCUT2D eigenvalue weighted by atomic mass is 16.5. The molecule has 0 radical (unpaired) electrons. The molecule has 1 saturated heterocycles. The lowest BCUT2D eigenvalue weighted by Crippen LogP contribution is -2.29. The van der Waals surface area contributed by atoms with Crippen molar-refractivity contribution in [2.75, 3.05) is 11.5 Å². The van der Waals surface area contributed by atoms with Crippen LogP contribution < -0.4 is 9.64 Å². The molecule has 3 aromatic rings. The van der Waals surface area contributed by atoms with Gasteiger partial charge >= 0.3 is 0 Å². The maximum atomic E-state index is 13.2. The first-order chi connectivity index (χ1) is 15.0. The number of ether oxygens (including phenoxy) is 1. The number of nitrogens with zero attached hydrogens (tertiary/aromatic N) is 2.